The first-order chi connectivity index (χ1) is 19.6. The van der Waals surface area contributed by atoms with Gasteiger partial charge in [0, 0.05) is 27.9 Å². The Labute approximate surface area is 250 Å². The van der Waals surface area contributed by atoms with Gasteiger partial charge in [-0.25, -0.2) is 4.79 Å². The molecule has 4 atom stereocenters. The van der Waals surface area contributed by atoms with Gasteiger partial charge in [0.05, 0.1) is 6.04 Å². The third-order valence-electron chi connectivity index (χ3n) is 8.05. The maximum absolute atomic E-state index is 13.5. The Morgan fingerprint density at radius 1 is 1.10 bits per heavy atom. The predicted octanol–water partition coefficient (Wildman–Crippen LogP) is 5.51. The normalized spacial score (nSPS) is 19.8. The number of aldehydes is 1. The molecule has 1 saturated heterocycles. The number of hydrogen-bond donors (Lipinski definition) is 3. The van der Waals surface area contributed by atoms with Crippen molar-refractivity contribution in [3.63, 3.8) is 0 Å². The van der Waals surface area contributed by atoms with Crippen molar-refractivity contribution >= 4 is 47.4 Å². The molecule has 8 nitrogen and oxygen atoms in total. The summed E-state index contributed by atoms with van der Waals surface area (Å²) in [4.78, 5) is 50.5. The van der Waals surface area contributed by atoms with Crippen molar-refractivity contribution in [1.29, 1.82) is 0 Å². The molecule has 2 aliphatic rings. The average molecular weight is 603 g/mol. The zero-order chi connectivity index (χ0) is 29.6. The first-order valence-electron chi connectivity index (χ1n) is 14.1. The monoisotopic (exact) mass is 601 g/mol. The number of amides is 3. The van der Waals surface area contributed by atoms with Crippen LogP contribution in [-0.2, 0) is 24.5 Å². The van der Waals surface area contributed by atoms with E-state index in [1.165, 1.54) is 0 Å². The van der Waals surface area contributed by atoms with E-state index in [-0.39, 0.29) is 24.2 Å². The fraction of sp³-hybridized carbons (Fsp3) is 0.484. The van der Waals surface area contributed by atoms with E-state index in [9.17, 15) is 19.2 Å². The highest BCUT2D eigenvalue weighted by atomic mass is 35.5. The Morgan fingerprint density at radius 2 is 1.83 bits per heavy atom. The molecule has 3 amide bonds. The average Bonchev–Trinajstić information content (AvgIpc) is 3.31. The summed E-state index contributed by atoms with van der Waals surface area (Å²) in [5.74, 6) is -0.887. The standard InChI is InChI=1S/C31H37Cl2N3O5/c1-19(2)15-26(29(39)35-25(18-37)16-21-11-14-34-28(21)38)36-30(40)41-27(20-7-9-23(32)10-8-20)31(12-4-13-31)22-5-3-6-24(33)17-22/h3,5-10,17-19,21,25-27H,4,11-16H2,1-2H3,(H,34,38)(H,35,39)(H,36,40). The molecule has 4 unspecified atom stereocenters. The summed E-state index contributed by atoms with van der Waals surface area (Å²) in [7, 11) is 0. The molecule has 1 aliphatic heterocycles. The van der Waals surface area contributed by atoms with Crippen molar-refractivity contribution in [2.45, 2.75) is 76.0 Å². The van der Waals surface area contributed by atoms with Crippen LogP contribution in [0.3, 0.4) is 0 Å². The molecule has 2 aromatic rings. The molecular formula is C31H37Cl2N3O5. The van der Waals surface area contributed by atoms with E-state index in [1.54, 1.807) is 12.1 Å². The number of carbonyl (C=O) groups excluding carboxylic acids is 4. The van der Waals surface area contributed by atoms with Crippen molar-refractivity contribution in [3.8, 4) is 0 Å². The van der Waals surface area contributed by atoms with Crippen LogP contribution in [0.25, 0.3) is 0 Å². The maximum atomic E-state index is 13.5. The first kappa shape index (κ1) is 30.8. The summed E-state index contributed by atoms with van der Waals surface area (Å²) in [6, 6.07) is 13.0. The van der Waals surface area contributed by atoms with Gasteiger partial charge in [-0.05, 0) is 73.4 Å². The van der Waals surface area contributed by atoms with E-state index < -0.39 is 35.6 Å². The Morgan fingerprint density at radius 3 is 2.39 bits per heavy atom. The molecule has 2 aromatic carbocycles. The van der Waals surface area contributed by atoms with E-state index in [0.717, 1.165) is 30.4 Å². The second-order valence-corrected chi connectivity index (χ2v) is 12.3. The molecule has 10 heteroatoms. The Hall–Kier alpha value is -3.10. The van der Waals surface area contributed by atoms with E-state index in [0.29, 0.717) is 35.7 Å². The SMILES string of the molecule is CC(C)CC(NC(=O)OC(c1ccc(Cl)cc1)C1(c2cccc(Cl)c2)CCC1)C(=O)NC(C=O)CC1CCNC1=O. The van der Waals surface area contributed by atoms with Gasteiger partial charge in [-0.2, -0.15) is 0 Å². The second kappa shape index (κ2) is 13.7. The van der Waals surface area contributed by atoms with Crippen LogP contribution < -0.4 is 16.0 Å². The van der Waals surface area contributed by atoms with Crippen LogP contribution in [0.2, 0.25) is 10.0 Å². The van der Waals surface area contributed by atoms with Gasteiger partial charge in [0.1, 0.15) is 18.4 Å². The number of alkyl carbamates (subject to hydrolysis) is 1. The van der Waals surface area contributed by atoms with Crippen molar-refractivity contribution in [2.75, 3.05) is 6.54 Å². The smallest absolute Gasteiger partial charge is 0.408 e. The van der Waals surface area contributed by atoms with Crippen LogP contribution in [0, 0.1) is 11.8 Å². The minimum Gasteiger partial charge on any atom is -0.440 e. The number of ether oxygens (including phenoxy) is 1. The summed E-state index contributed by atoms with van der Waals surface area (Å²) in [6.45, 7) is 4.43. The molecule has 220 valence electrons. The van der Waals surface area contributed by atoms with E-state index >= 15 is 0 Å². The largest absolute Gasteiger partial charge is 0.440 e. The molecule has 3 N–H and O–H groups in total. The van der Waals surface area contributed by atoms with Gasteiger partial charge in [0.2, 0.25) is 11.8 Å². The van der Waals surface area contributed by atoms with Crippen LogP contribution >= 0.6 is 23.2 Å². The van der Waals surface area contributed by atoms with Crippen molar-refractivity contribution in [2.24, 2.45) is 11.8 Å². The first-order valence-corrected chi connectivity index (χ1v) is 14.9. The van der Waals surface area contributed by atoms with Crippen LogP contribution in [0.4, 0.5) is 4.79 Å². The third-order valence-corrected chi connectivity index (χ3v) is 8.54. The number of nitrogens with one attached hydrogen (secondary N) is 3. The summed E-state index contributed by atoms with van der Waals surface area (Å²) < 4.78 is 6.15. The van der Waals surface area contributed by atoms with Crippen molar-refractivity contribution in [3.05, 3.63) is 69.7 Å². The predicted molar refractivity (Wildman–Crippen MR) is 158 cm³/mol. The highest BCUT2D eigenvalue weighted by Crippen LogP contribution is 2.54. The molecular weight excluding hydrogens is 565 g/mol. The van der Waals surface area contributed by atoms with Crippen LogP contribution in [0.15, 0.2) is 48.5 Å². The lowest BCUT2D eigenvalue weighted by Crippen LogP contribution is -2.52. The van der Waals surface area contributed by atoms with Gasteiger partial charge < -0.3 is 25.5 Å². The Bertz CT molecular complexity index is 1250. The highest BCUT2D eigenvalue weighted by molar-refractivity contribution is 6.30. The molecule has 1 heterocycles. The fourth-order valence-corrected chi connectivity index (χ4v) is 6.11. The lowest BCUT2D eigenvalue weighted by Gasteiger charge is -2.47. The van der Waals surface area contributed by atoms with Gasteiger partial charge in [0.25, 0.3) is 0 Å². The molecule has 1 aliphatic carbocycles. The Kier molecular flexibility index (Phi) is 10.3. The maximum Gasteiger partial charge on any atom is 0.408 e. The van der Waals surface area contributed by atoms with Crippen LogP contribution in [-0.4, -0.2) is 42.8 Å². The minimum atomic E-state index is -0.934. The lowest BCUT2D eigenvalue weighted by molar-refractivity contribution is -0.127. The molecule has 0 radical (unpaired) electrons. The van der Waals surface area contributed by atoms with E-state index in [2.05, 4.69) is 16.0 Å². The number of hydrogen-bond acceptors (Lipinski definition) is 5. The van der Waals surface area contributed by atoms with Gasteiger partial charge in [0.15, 0.2) is 0 Å². The zero-order valence-corrected chi connectivity index (χ0v) is 24.8. The van der Waals surface area contributed by atoms with E-state index in [4.69, 9.17) is 27.9 Å². The molecule has 1 saturated carbocycles. The minimum absolute atomic E-state index is 0.0674. The molecule has 0 spiro atoms. The third kappa shape index (κ3) is 7.60. The quantitative estimate of drug-likeness (QED) is 0.278. The molecule has 2 fully saturated rings. The molecule has 41 heavy (non-hydrogen) atoms. The topological polar surface area (TPSA) is 114 Å². The summed E-state index contributed by atoms with van der Waals surface area (Å²) in [5.41, 5.74) is 1.27. The number of benzene rings is 2. The van der Waals surface area contributed by atoms with Gasteiger partial charge in [-0.15, -0.1) is 0 Å². The van der Waals surface area contributed by atoms with Gasteiger partial charge in [-0.3, -0.25) is 9.59 Å². The fourth-order valence-electron chi connectivity index (χ4n) is 5.79. The molecule has 0 bridgehead atoms. The second-order valence-electron chi connectivity index (χ2n) is 11.4. The van der Waals surface area contributed by atoms with Gasteiger partial charge in [-0.1, -0.05) is 67.7 Å². The molecule has 0 aromatic heterocycles. The van der Waals surface area contributed by atoms with Crippen molar-refractivity contribution < 1.29 is 23.9 Å². The summed E-state index contributed by atoms with van der Waals surface area (Å²) in [6.07, 6.45) is 2.94. The number of rotatable bonds is 12. The number of halogens is 2. The van der Waals surface area contributed by atoms with Crippen LogP contribution in [0.5, 0.6) is 0 Å². The summed E-state index contributed by atoms with van der Waals surface area (Å²) in [5, 5.41) is 9.38. The van der Waals surface area contributed by atoms with Gasteiger partial charge >= 0.3 is 6.09 Å². The number of carbonyl (C=O) groups is 4. The zero-order valence-electron chi connectivity index (χ0n) is 23.3. The van der Waals surface area contributed by atoms with E-state index in [1.807, 2.05) is 50.2 Å². The van der Waals surface area contributed by atoms with Crippen LogP contribution in [0.1, 0.15) is 69.6 Å². The van der Waals surface area contributed by atoms with Crippen molar-refractivity contribution in [1.82, 2.24) is 16.0 Å². The lowest BCUT2D eigenvalue weighted by atomic mass is 9.60. The summed E-state index contributed by atoms with van der Waals surface area (Å²) >= 11 is 12.5. The molecule has 4 rings (SSSR count). The highest BCUT2D eigenvalue weighted by Gasteiger charge is 2.49. The Balaban J connectivity index is 1.53.